The van der Waals surface area contributed by atoms with Gasteiger partial charge in [-0.1, -0.05) is 19.0 Å². The van der Waals surface area contributed by atoms with Gasteiger partial charge in [0.05, 0.1) is 6.54 Å². The van der Waals surface area contributed by atoms with Gasteiger partial charge in [-0.3, -0.25) is 0 Å². The van der Waals surface area contributed by atoms with Gasteiger partial charge in [0.1, 0.15) is 17.5 Å². The number of aromatic nitrogens is 4. The van der Waals surface area contributed by atoms with Crippen LogP contribution in [0, 0.1) is 6.92 Å². The van der Waals surface area contributed by atoms with Crippen molar-refractivity contribution < 1.29 is 4.52 Å². The predicted molar refractivity (Wildman–Crippen MR) is 81.2 cm³/mol. The molecule has 0 aliphatic rings. The number of nitrogens with one attached hydrogen (secondary N) is 2. The number of hydrogen-bond acceptors (Lipinski definition) is 7. The van der Waals surface area contributed by atoms with Gasteiger partial charge in [-0.25, -0.2) is 9.97 Å². The third kappa shape index (κ3) is 4.70. The van der Waals surface area contributed by atoms with E-state index in [1.54, 1.807) is 6.92 Å². The lowest BCUT2D eigenvalue weighted by molar-refractivity contribution is 0.388. The van der Waals surface area contributed by atoms with Crippen LogP contribution in [0.3, 0.4) is 0 Å². The SMILES string of the molecule is CCCNc1cc(NCc2noc(C)n2)nc(CCC)n1. The molecule has 7 heteroatoms. The molecule has 2 N–H and O–H groups in total. The maximum absolute atomic E-state index is 4.95. The lowest BCUT2D eigenvalue weighted by Gasteiger charge is -2.10. The average molecular weight is 290 g/mol. The first kappa shape index (κ1) is 15.2. The Kier molecular flexibility index (Phi) is 5.48. The highest BCUT2D eigenvalue weighted by Gasteiger charge is 2.06. The summed E-state index contributed by atoms with van der Waals surface area (Å²) in [5.41, 5.74) is 0. The molecule has 2 heterocycles. The van der Waals surface area contributed by atoms with Crippen LogP contribution in [-0.4, -0.2) is 26.7 Å². The number of rotatable bonds is 8. The van der Waals surface area contributed by atoms with Crippen LogP contribution < -0.4 is 10.6 Å². The summed E-state index contributed by atoms with van der Waals surface area (Å²) in [7, 11) is 0. The second-order valence-corrected chi connectivity index (χ2v) is 4.81. The molecule has 2 rings (SSSR count). The Morgan fingerprint density at radius 2 is 1.76 bits per heavy atom. The summed E-state index contributed by atoms with van der Waals surface area (Å²) >= 11 is 0. The van der Waals surface area contributed by atoms with Crippen LogP contribution in [0.15, 0.2) is 10.6 Å². The van der Waals surface area contributed by atoms with E-state index in [2.05, 4.69) is 44.6 Å². The molecule has 7 nitrogen and oxygen atoms in total. The summed E-state index contributed by atoms with van der Waals surface area (Å²) in [4.78, 5) is 13.2. The molecule has 0 aromatic carbocycles. The molecule has 0 unspecified atom stereocenters. The number of anilines is 2. The van der Waals surface area contributed by atoms with Gasteiger partial charge in [-0.15, -0.1) is 0 Å². The van der Waals surface area contributed by atoms with Crippen LogP contribution in [-0.2, 0) is 13.0 Å². The molecule has 0 bridgehead atoms. The molecular weight excluding hydrogens is 268 g/mol. The minimum Gasteiger partial charge on any atom is -0.370 e. The van der Waals surface area contributed by atoms with Crippen molar-refractivity contribution in [1.82, 2.24) is 20.1 Å². The van der Waals surface area contributed by atoms with Gasteiger partial charge in [0, 0.05) is 26.0 Å². The van der Waals surface area contributed by atoms with Crippen molar-refractivity contribution in [1.29, 1.82) is 0 Å². The molecule has 0 spiro atoms. The van der Waals surface area contributed by atoms with Crippen molar-refractivity contribution >= 4 is 11.6 Å². The number of aryl methyl sites for hydroxylation is 2. The topological polar surface area (TPSA) is 88.8 Å². The van der Waals surface area contributed by atoms with Crippen LogP contribution in [0.25, 0.3) is 0 Å². The second kappa shape index (κ2) is 7.56. The highest BCUT2D eigenvalue weighted by Crippen LogP contribution is 2.13. The quantitative estimate of drug-likeness (QED) is 0.772. The van der Waals surface area contributed by atoms with Crippen molar-refractivity contribution in [3.63, 3.8) is 0 Å². The number of nitrogens with zero attached hydrogens (tertiary/aromatic N) is 4. The Labute approximate surface area is 124 Å². The lowest BCUT2D eigenvalue weighted by Crippen LogP contribution is -2.09. The molecule has 0 fully saturated rings. The fourth-order valence-corrected chi connectivity index (χ4v) is 1.85. The van der Waals surface area contributed by atoms with E-state index < -0.39 is 0 Å². The van der Waals surface area contributed by atoms with Gasteiger partial charge in [0.2, 0.25) is 5.89 Å². The predicted octanol–water partition coefficient (Wildman–Crippen LogP) is 2.55. The smallest absolute Gasteiger partial charge is 0.223 e. The Bertz CT molecular complexity index is 568. The minimum atomic E-state index is 0.479. The van der Waals surface area contributed by atoms with Gasteiger partial charge in [-0.2, -0.15) is 4.98 Å². The van der Waals surface area contributed by atoms with Crippen molar-refractivity contribution in [3.05, 3.63) is 23.6 Å². The van der Waals surface area contributed by atoms with E-state index in [-0.39, 0.29) is 0 Å². The molecular formula is C14H22N6O. The third-order valence-corrected chi connectivity index (χ3v) is 2.80. The van der Waals surface area contributed by atoms with Crippen LogP contribution in [0.5, 0.6) is 0 Å². The Balaban J connectivity index is 2.07. The molecule has 2 aromatic rings. The first-order valence-corrected chi connectivity index (χ1v) is 7.36. The second-order valence-electron chi connectivity index (χ2n) is 4.81. The van der Waals surface area contributed by atoms with E-state index in [9.17, 15) is 0 Å². The molecule has 0 aliphatic carbocycles. The minimum absolute atomic E-state index is 0.479. The largest absolute Gasteiger partial charge is 0.370 e. The van der Waals surface area contributed by atoms with Gasteiger partial charge in [0.15, 0.2) is 5.82 Å². The summed E-state index contributed by atoms with van der Waals surface area (Å²) in [6.45, 7) is 7.39. The summed E-state index contributed by atoms with van der Waals surface area (Å²) in [6, 6.07) is 1.90. The zero-order chi connectivity index (χ0) is 15.1. The third-order valence-electron chi connectivity index (χ3n) is 2.80. The molecule has 2 aromatic heterocycles. The molecule has 114 valence electrons. The molecule has 0 aliphatic heterocycles. The van der Waals surface area contributed by atoms with Crippen LogP contribution in [0.2, 0.25) is 0 Å². The van der Waals surface area contributed by atoms with Crippen molar-refractivity contribution in [2.24, 2.45) is 0 Å². The molecule has 0 radical (unpaired) electrons. The molecule has 0 amide bonds. The van der Waals surface area contributed by atoms with Gasteiger partial charge >= 0.3 is 0 Å². The van der Waals surface area contributed by atoms with E-state index in [1.807, 2.05) is 6.07 Å². The Hall–Kier alpha value is -2.18. The standard InChI is InChI=1S/C14H22N6O/c1-4-6-11-18-12(15-7-5-2)8-13(19-11)16-9-14-17-10(3)21-20-14/h8H,4-7,9H2,1-3H3,(H2,15,16,18,19). The van der Waals surface area contributed by atoms with Crippen molar-refractivity contribution in [2.75, 3.05) is 17.2 Å². The summed E-state index contributed by atoms with van der Waals surface area (Å²) in [5.74, 6) is 3.64. The maximum Gasteiger partial charge on any atom is 0.223 e. The zero-order valence-corrected chi connectivity index (χ0v) is 12.8. The van der Waals surface area contributed by atoms with Gasteiger partial charge < -0.3 is 15.2 Å². The van der Waals surface area contributed by atoms with E-state index in [0.717, 1.165) is 43.3 Å². The van der Waals surface area contributed by atoms with E-state index in [1.165, 1.54) is 0 Å². The molecule has 0 saturated heterocycles. The van der Waals surface area contributed by atoms with Crippen LogP contribution in [0.1, 0.15) is 44.2 Å². The van der Waals surface area contributed by atoms with Crippen LogP contribution >= 0.6 is 0 Å². The van der Waals surface area contributed by atoms with Crippen LogP contribution in [0.4, 0.5) is 11.6 Å². The molecule has 0 atom stereocenters. The van der Waals surface area contributed by atoms with Gasteiger partial charge in [-0.05, 0) is 12.8 Å². The highest BCUT2D eigenvalue weighted by atomic mass is 16.5. The fraction of sp³-hybridized carbons (Fsp3) is 0.571. The molecule has 0 saturated carbocycles. The van der Waals surface area contributed by atoms with Crippen molar-refractivity contribution in [3.8, 4) is 0 Å². The first-order chi connectivity index (χ1) is 10.2. The summed E-state index contributed by atoms with van der Waals surface area (Å²) in [5, 5.41) is 10.4. The summed E-state index contributed by atoms with van der Waals surface area (Å²) in [6.07, 6.45) is 2.93. The highest BCUT2D eigenvalue weighted by molar-refractivity contribution is 5.47. The number of hydrogen-bond donors (Lipinski definition) is 2. The Morgan fingerprint density at radius 1 is 1.00 bits per heavy atom. The average Bonchev–Trinajstić information content (AvgIpc) is 2.89. The van der Waals surface area contributed by atoms with Crippen molar-refractivity contribution in [2.45, 2.75) is 46.6 Å². The van der Waals surface area contributed by atoms with Gasteiger partial charge in [0.25, 0.3) is 0 Å². The first-order valence-electron chi connectivity index (χ1n) is 7.36. The normalized spacial score (nSPS) is 10.6. The molecule has 21 heavy (non-hydrogen) atoms. The van der Waals surface area contributed by atoms with E-state index in [4.69, 9.17) is 4.52 Å². The monoisotopic (exact) mass is 290 g/mol. The summed E-state index contributed by atoms with van der Waals surface area (Å²) < 4.78 is 4.95. The lowest BCUT2D eigenvalue weighted by atomic mass is 10.3. The van der Waals surface area contributed by atoms with E-state index >= 15 is 0 Å². The zero-order valence-electron chi connectivity index (χ0n) is 12.8. The van der Waals surface area contributed by atoms with E-state index in [0.29, 0.717) is 18.3 Å². The maximum atomic E-state index is 4.95. The fourth-order valence-electron chi connectivity index (χ4n) is 1.85. The Morgan fingerprint density at radius 3 is 2.38 bits per heavy atom.